The van der Waals surface area contributed by atoms with Crippen LogP contribution in [0.15, 0.2) is 54.6 Å². The summed E-state index contributed by atoms with van der Waals surface area (Å²) in [4.78, 5) is 12.9. The first kappa shape index (κ1) is 20.3. The topological polar surface area (TPSA) is 83.9 Å². The van der Waals surface area contributed by atoms with Crippen LogP contribution in [0.4, 0.5) is 9.18 Å². The van der Waals surface area contributed by atoms with Crippen LogP contribution >= 0.6 is 0 Å². The molecular weight excluding hydrogens is 385 g/mol. The van der Waals surface area contributed by atoms with Crippen LogP contribution in [-0.4, -0.2) is 49.5 Å². The smallest absolute Gasteiger partial charge is 0.407 e. The number of hydrogen-bond acceptors (Lipinski definition) is 4. The van der Waals surface area contributed by atoms with Gasteiger partial charge in [0.25, 0.3) is 10.1 Å². The molecule has 1 aliphatic heterocycles. The molecular formula is C20H22FNO5S. The van der Waals surface area contributed by atoms with Crippen LogP contribution in [0.3, 0.4) is 0 Å². The third-order valence-electron chi connectivity index (χ3n) is 4.91. The third-order valence-corrected chi connectivity index (χ3v) is 5.48. The molecule has 1 amide bonds. The lowest BCUT2D eigenvalue weighted by atomic mass is 9.83. The molecule has 3 rings (SSSR count). The fourth-order valence-electron chi connectivity index (χ4n) is 3.85. The molecule has 1 fully saturated rings. The van der Waals surface area contributed by atoms with Crippen molar-refractivity contribution in [1.82, 2.24) is 4.90 Å². The van der Waals surface area contributed by atoms with Gasteiger partial charge < -0.3 is 10.0 Å². The normalized spacial score (nSPS) is 19.4. The fraction of sp³-hybridized carbons (Fsp3) is 0.350. The maximum atomic E-state index is 14.0. The lowest BCUT2D eigenvalue weighted by Crippen LogP contribution is -2.47. The second-order valence-electron chi connectivity index (χ2n) is 6.89. The van der Waals surface area contributed by atoms with E-state index in [0.29, 0.717) is 24.9 Å². The number of benzene rings is 2. The number of rotatable bonds is 6. The van der Waals surface area contributed by atoms with E-state index >= 15 is 0 Å². The van der Waals surface area contributed by atoms with E-state index in [2.05, 4.69) is 0 Å². The lowest BCUT2D eigenvalue weighted by Gasteiger charge is -2.35. The van der Waals surface area contributed by atoms with E-state index in [-0.39, 0.29) is 0 Å². The van der Waals surface area contributed by atoms with Gasteiger partial charge in [-0.3, -0.25) is 4.18 Å². The van der Waals surface area contributed by atoms with Gasteiger partial charge in [-0.15, -0.1) is 0 Å². The molecule has 2 aromatic carbocycles. The van der Waals surface area contributed by atoms with Crippen LogP contribution in [0.2, 0.25) is 0 Å². The van der Waals surface area contributed by atoms with Gasteiger partial charge in [0.2, 0.25) is 0 Å². The fourth-order valence-corrected chi connectivity index (χ4v) is 4.49. The standard InChI is InChI=1S/C20H22FNO5S/c1-28(25,26)27-19(17-11-6-12-22(17)20(23)24)18(14-7-3-2-4-8-14)15-9-5-10-16(21)13-15/h2-5,7-10,13,17-19H,6,11-12H2,1H3,(H,23,24)/t17?,18-,19+/m1/s1. The molecule has 8 heteroatoms. The molecule has 1 aliphatic rings. The Morgan fingerprint density at radius 2 is 1.86 bits per heavy atom. The van der Waals surface area contributed by atoms with E-state index in [1.54, 1.807) is 36.4 Å². The van der Waals surface area contributed by atoms with E-state index in [9.17, 15) is 22.7 Å². The molecule has 2 aromatic rings. The predicted molar refractivity (Wildman–Crippen MR) is 102 cm³/mol. The Hall–Kier alpha value is -2.45. The van der Waals surface area contributed by atoms with Crippen molar-refractivity contribution in [2.75, 3.05) is 12.8 Å². The number of halogens is 1. The number of hydrogen-bond donors (Lipinski definition) is 1. The van der Waals surface area contributed by atoms with Crippen LogP contribution < -0.4 is 0 Å². The molecule has 0 radical (unpaired) electrons. The van der Waals surface area contributed by atoms with Crippen molar-refractivity contribution in [2.24, 2.45) is 0 Å². The van der Waals surface area contributed by atoms with Crippen molar-refractivity contribution < 1.29 is 26.9 Å². The molecule has 3 atom stereocenters. The van der Waals surface area contributed by atoms with Crippen LogP contribution in [0.25, 0.3) is 0 Å². The molecule has 28 heavy (non-hydrogen) atoms. The first-order chi connectivity index (χ1) is 13.3. The van der Waals surface area contributed by atoms with Gasteiger partial charge in [0.15, 0.2) is 0 Å². The number of nitrogens with zero attached hydrogens (tertiary/aromatic N) is 1. The summed E-state index contributed by atoms with van der Waals surface area (Å²) in [6.07, 6.45) is -0.141. The van der Waals surface area contributed by atoms with Crippen LogP contribution in [0.5, 0.6) is 0 Å². The Morgan fingerprint density at radius 1 is 1.18 bits per heavy atom. The first-order valence-corrected chi connectivity index (χ1v) is 10.8. The van der Waals surface area contributed by atoms with Gasteiger partial charge in [0, 0.05) is 12.5 Å². The van der Waals surface area contributed by atoms with Crippen LogP contribution in [0, 0.1) is 5.82 Å². The molecule has 1 unspecified atom stereocenters. The highest BCUT2D eigenvalue weighted by Crippen LogP contribution is 2.37. The molecule has 0 aliphatic carbocycles. The summed E-state index contributed by atoms with van der Waals surface area (Å²) in [5.74, 6) is -1.12. The van der Waals surface area contributed by atoms with Gasteiger partial charge in [-0.2, -0.15) is 8.42 Å². The SMILES string of the molecule is CS(=O)(=O)O[C@@H](C1CCCN1C(=O)O)[C@H](c1ccccc1)c1cccc(F)c1. The zero-order valence-electron chi connectivity index (χ0n) is 15.4. The second kappa shape index (κ2) is 8.28. The average Bonchev–Trinajstić information content (AvgIpc) is 3.11. The summed E-state index contributed by atoms with van der Waals surface area (Å²) in [6, 6.07) is 14.2. The first-order valence-electron chi connectivity index (χ1n) is 8.94. The largest absolute Gasteiger partial charge is 0.465 e. The highest BCUT2D eigenvalue weighted by atomic mass is 32.2. The van der Waals surface area contributed by atoms with Gasteiger partial charge in [-0.05, 0) is 36.1 Å². The zero-order valence-corrected chi connectivity index (χ0v) is 16.2. The molecule has 0 bridgehead atoms. The summed E-state index contributed by atoms with van der Waals surface area (Å²) >= 11 is 0. The Bertz CT molecular complexity index is 935. The highest BCUT2D eigenvalue weighted by Gasteiger charge is 2.42. The monoisotopic (exact) mass is 407 g/mol. The van der Waals surface area contributed by atoms with Gasteiger partial charge >= 0.3 is 6.09 Å². The number of amides is 1. The molecule has 1 heterocycles. The lowest BCUT2D eigenvalue weighted by molar-refractivity contribution is 0.0777. The summed E-state index contributed by atoms with van der Waals surface area (Å²) in [5, 5.41) is 9.56. The van der Waals surface area contributed by atoms with Gasteiger partial charge in [-0.25, -0.2) is 9.18 Å². The molecule has 0 spiro atoms. The maximum absolute atomic E-state index is 14.0. The summed E-state index contributed by atoms with van der Waals surface area (Å²) in [7, 11) is -3.89. The zero-order chi connectivity index (χ0) is 20.3. The van der Waals surface area contributed by atoms with Gasteiger partial charge in [-0.1, -0.05) is 42.5 Å². The summed E-state index contributed by atoms with van der Waals surface area (Å²) in [6.45, 7) is 0.300. The predicted octanol–water partition coefficient (Wildman–Crippen LogP) is 3.44. The summed E-state index contributed by atoms with van der Waals surface area (Å²) < 4.78 is 43.5. The Labute approximate surface area is 163 Å². The number of carboxylic acid groups (broad SMARTS) is 1. The van der Waals surface area contributed by atoms with Crippen molar-refractivity contribution in [2.45, 2.75) is 30.9 Å². The Balaban J connectivity index is 2.14. The molecule has 150 valence electrons. The van der Waals surface area contributed by atoms with E-state index in [0.717, 1.165) is 11.8 Å². The van der Waals surface area contributed by atoms with Crippen molar-refractivity contribution in [3.05, 3.63) is 71.5 Å². The number of likely N-dealkylation sites (tertiary alicyclic amines) is 1. The van der Waals surface area contributed by atoms with Crippen LogP contribution in [0.1, 0.15) is 29.9 Å². The van der Waals surface area contributed by atoms with Crippen LogP contribution in [-0.2, 0) is 14.3 Å². The highest BCUT2D eigenvalue weighted by molar-refractivity contribution is 7.86. The third kappa shape index (κ3) is 4.69. The number of carbonyl (C=O) groups is 1. The van der Waals surface area contributed by atoms with Crippen molar-refractivity contribution in [3.8, 4) is 0 Å². The molecule has 6 nitrogen and oxygen atoms in total. The van der Waals surface area contributed by atoms with E-state index in [4.69, 9.17) is 4.18 Å². The van der Waals surface area contributed by atoms with E-state index in [1.807, 2.05) is 6.07 Å². The van der Waals surface area contributed by atoms with E-state index < -0.39 is 40.1 Å². The van der Waals surface area contributed by atoms with E-state index in [1.165, 1.54) is 17.0 Å². The van der Waals surface area contributed by atoms with Gasteiger partial charge in [0.05, 0.1) is 12.3 Å². The second-order valence-corrected chi connectivity index (χ2v) is 8.49. The minimum absolute atomic E-state index is 0.300. The Kier molecular flexibility index (Phi) is 6.00. The average molecular weight is 407 g/mol. The van der Waals surface area contributed by atoms with Crippen molar-refractivity contribution in [1.29, 1.82) is 0 Å². The Morgan fingerprint density at radius 3 is 2.46 bits per heavy atom. The molecule has 1 N–H and O–H groups in total. The van der Waals surface area contributed by atoms with Crippen molar-refractivity contribution >= 4 is 16.2 Å². The minimum Gasteiger partial charge on any atom is -0.465 e. The van der Waals surface area contributed by atoms with Crippen molar-refractivity contribution in [3.63, 3.8) is 0 Å². The molecule has 0 saturated carbocycles. The summed E-state index contributed by atoms with van der Waals surface area (Å²) in [5.41, 5.74) is 1.25. The minimum atomic E-state index is -3.89. The molecule has 1 saturated heterocycles. The molecule has 0 aromatic heterocycles. The maximum Gasteiger partial charge on any atom is 0.407 e. The quantitative estimate of drug-likeness (QED) is 0.742. The van der Waals surface area contributed by atoms with Gasteiger partial charge in [0.1, 0.15) is 11.9 Å².